The highest BCUT2D eigenvalue weighted by molar-refractivity contribution is 6.01. The van der Waals surface area contributed by atoms with Crippen molar-refractivity contribution in [1.82, 2.24) is 19.5 Å². The Morgan fingerprint density at radius 2 is 1.77 bits per heavy atom. The minimum absolute atomic E-state index is 0.149. The molecule has 3 aromatic carbocycles. The van der Waals surface area contributed by atoms with E-state index < -0.39 is 5.82 Å². The maximum atomic E-state index is 15.7. The SMILES string of the molecule is C=Cc1c(-c2ncc(N)cc2C)n(-c2ccc(OCc3ccccc3)c(F)c2)c2c(NCc3ccc(OC)cc3)ncnc12. The Morgan fingerprint density at radius 1 is 0.977 bits per heavy atom. The van der Waals surface area contributed by atoms with Gasteiger partial charge in [0.05, 0.1) is 30.4 Å². The molecule has 0 aliphatic rings. The van der Waals surface area contributed by atoms with Gasteiger partial charge >= 0.3 is 0 Å². The van der Waals surface area contributed by atoms with Crippen LogP contribution in [0.15, 0.2) is 98.0 Å². The van der Waals surface area contributed by atoms with E-state index in [2.05, 4.69) is 26.8 Å². The van der Waals surface area contributed by atoms with Crippen LogP contribution in [0.2, 0.25) is 0 Å². The molecule has 9 heteroatoms. The molecule has 220 valence electrons. The Balaban J connectivity index is 1.49. The third kappa shape index (κ3) is 5.55. The molecule has 0 bridgehead atoms. The average molecular weight is 587 g/mol. The number of nitrogens with one attached hydrogen (secondary N) is 1. The van der Waals surface area contributed by atoms with Gasteiger partial charge in [-0.1, -0.05) is 55.1 Å². The van der Waals surface area contributed by atoms with Gasteiger partial charge in [0.1, 0.15) is 29.7 Å². The number of hydrogen-bond acceptors (Lipinski definition) is 7. The molecular weight excluding hydrogens is 555 g/mol. The number of aryl methyl sites for hydroxylation is 1. The molecule has 8 nitrogen and oxygen atoms in total. The molecule has 0 fully saturated rings. The minimum Gasteiger partial charge on any atom is -0.497 e. The van der Waals surface area contributed by atoms with Crippen molar-refractivity contribution in [3.63, 3.8) is 0 Å². The van der Waals surface area contributed by atoms with E-state index in [0.717, 1.165) is 28.0 Å². The molecule has 3 N–H and O–H groups in total. The van der Waals surface area contributed by atoms with Gasteiger partial charge in [0, 0.05) is 23.9 Å². The molecule has 0 aliphatic heterocycles. The van der Waals surface area contributed by atoms with Gasteiger partial charge in [-0.15, -0.1) is 0 Å². The molecule has 0 atom stereocenters. The number of fused-ring (bicyclic) bond motifs is 1. The fourth-order valence-corrected chi connectivity index (χ4v) is 5.20. The number of methoxy groups -OCH3 is 1. The molecule has 3 aromatic heterocycles. The molecule has 6 rings (SSSR count). The van der Waals surface area contributed by atoms with E-state index in [-0.39, 0.29) is 12.4 Å². The van der Waals surface area contributed by atoms with Gasteiger partial charge in [0.15, 0.2) is 17.4 Å². The zero-order valence-corrected chi connectivity index (χ0v) is 24.4. The summed E-state index contributed by atoms with van der Waals surface area (Å²) < 4.78 is 28.7. The van der Waals surface area contributed by atoms with Crippen molar-refractivity contribution >= 4 is 28.6 Å². The van der Waals surface area contributed by atoms with Gasteiger partial charge in [-0.25, -0.2) is 14.4 Å². The predicted octanol–water partition coefficient (Wildman–Crippen LogP) is 7.35. The summed E-state index contributed by atoms with van der Waals surface area (Å²) in [7, 11) is 1.64. The van der Waals surface area contributed by atoms with Gasteiger partial charge in [0.25, 0.3) is 0 Å². The Morgan fingerprint density at radius 3 is 2.48 bits per heavy atom. The van der Waals surface area contributed by atoms with Crippen molar-refractivity contribution < 1.29 is 13.9 Å². The van der Waals surface area contributed by atoms with E-state index in [4.69, 9.17) is 15.2 Å². The highest BCUT2D eigenvalue weighted by atomic mass is 19.1. The van der Waals surface area contributed by atoms with Crippen LogP contribution in [0.25, 0.3) is 34.2 Å². The van der Waals surface area contributed by atoms with E-state index in [1.54, 1.807) is 25.4 Å². The fourth-order valence-electron chi connectivity index (χ4n) is 5.20. The van der Waals surface area contributed by atoms with Crippen LogP contribution in [0, 0.1) is 12.7 Å². The van der Waals surface area contributed by atoms with E-state index in [1.165, 1.54) is 12.4 Å². The van der Waals surface area contributed by atoms with Gasteiger partial charge in [-0.3, -0.25) is 4.98 Å². The third-order valence-electron chi connectivity index (χ3n) is 7.34. The summed E-state index contributed by atoms with van der Waals surface area (Å²) in [6, 6.07) is 24.2. The maximum Gasteiger partial charge on any atom is 0.167 e. The van der Waals surface area contributed by atoms with Crippen molar-refractivity contribution in [3.05, 3.63) is 126 Å². The number of rotatable bonds is 10. The molecule has 0 spiro atoms. The smallest absolute Gasteiger partial charge is 0.167 e. The van der Waals surface area contributed by atoms with Crippen LogP contribution >= 0.6 is 0 Å². The van der Waals surface area contributed by atoms with Crippen molar-refractivity contribution in [2.24, 2.45) is 0 Å². The highest BCUT2D eigenvalue weighted by Gasteiger charge is 2.25. The average Bonchev–Trinajstić information content (AvgIpc) is 3.38. The van der Waals surface area contributed by atoms with Gasteiger partial charge in [0.2, 0.25) is 0 Å². The normalized spacial score (nSPS) is 11.0. The Kier molecular flexibility index (Phi) is 7.92. The molecule has 0 unspecified atom stereocenters. The number of anilines is 2. The molecule has 0 aliphatic carbocycles. The zero-order valence-electron chi connectivity index (χ0n) is 24.4. The molecule has 3 heterocycles. The largest absolute Gasteiger partial charge is 0.497 e. The Hall–Kier alpha value is -5.70. The zero-order chi connectivity index (χ0) is 30.6. The molecule has 0 saturated carbocycles. The van der Waals surface area contributed by atoms with Crippen molar-refractivity contribution in [2.75, 3.05) is 18.2 Å². The second-order valence-electron chi connectivity index (χ2n) is 10.2. The number of nitrogen functional groups attached to an aromatic ring is 1. The summed E-state index contributed by atoms with van der Waals surface area (Å²) in [6.45, 7) is 6.76. The number of benzene rings is 3. The summed E-state index contributed by atoms with van der Waals surface area (Å²) in [4.78, 5) is 13.9. The van der Waals surface area contributed by atoms with Gasteiger partial charge in [-0.2, -0.15) is 0 Å². The first-order valence-corrected chi connectivity index (χ1v) is 14.0. The lowest BCUT2D eigenvalue weighted by atomic mass is 10.1. The third-order valence-corrected chi connectivity index (χ3v) is 7.34. The second-order valence-corrected chi connectivity index (χ2v) is 10.2. The molecule has 0 radical (unpaired) electrons. The summed E-state index contributed by atoms with van der Waals surface area (Å²) in [5.74, 6) is 0.989. The predicted molar refractivity (Wildman–Crippen MR) is 172 cm³/mol. The highest BCUT2D eigenvalue weighted by Crippen LogP contribution is 2.40. The van der Waals surface area contributed by atoms with Crippen LogP contribution in [-0.2, 0) is 13.2 Å². The summed E-state index contributed by atoms with van der Waals surface area (Å²) in [5, 5.41) is 3.45. The lowest BCUT2D eigenvalue weighted by Gasteiger charge is -2.16. The Labute approximate surface area is 254 Å². The number of nitrogens with two attached hydrogens (primary N) is 1. The molecular formula is C35H31FN6O2. The van der Waals surface area contributed by atoms with Crippen LogP contribution < -0.4 is 20.5 Å². The van der Waals surface area contributed by atoms with E-state index in [9.17, 15) is 0 Å². The monoisotopic (exact) mass is 586 g/mol. The van der Waals surface area contributed by atoms with Crippen LogP contribution in [0.4, 0.5) is 15.9 Å². The van der Waals surface area contributed by atoms with Crippen molar-refractivity contribution in [1.29, 1.82) is 0 Å². The van der Waals surface area contributed by atoms with Gasteiger partial charge in [-0.05, 0) is 53.9 Å². The number of hydrogen-bond donors (Lipinski definition) is 2. The number of nitrogens with zero attached hydrogens (tertiary/aromatic N) is 4. The lowest BCUT2D eigenvalue weighted by molar-refractivity contribution is 0.290. The summed E-state index contributed by atoms with van der Waals surface area (Å²) >= 11 is 0. The Bertz CT molecular complexity index is 1960. The first-order valence-electron chi connectivity index (χ1n) is 14.0. The quantitative estimate of drug-likeness (QED) is 0.173. The van der Waals surface area contributed by atoms with Crippen LogP contribution in [0.1, 0.15) is 22.3 Å². The molecule has 44 heavy (non-hydrogen) atoms. The van der Waals surface area contributed by atoms with Crippen LogP contribution in [0.5, 0.6) is 11.5 Å². The number of aromatic nitrogens is 4. The first-order chi connectivity index (χ1) is 21.5. The maximum absolute atomic E-state index is 15.7. The van der Waals surface area contributed by atoms with Crippen LogP contribution in [-0.4, -0.2) is 26.6 Å². The minimum atomic E-state index is -0.502. The van der Waals surface area contributed by atoms with Crippen molar-refractivity contribution in [3.8, 4) is 28.6 Å². The second kappa shape index (κ2) is 12.3. The molecule has 0 amide bonds. The standard InChI is InChI=1S/C35H31FN6O2/c1-4-28-32-34(35(41-21-40-32)39-18-23-10-13-27(43-3)14-11-23)42(33(28)31-22(2)16-25(37)19-38-31)26-12-15-30(29(36)17-26)44-20-24-8-6-5-7-9-24/h4-17,19,21H,1,18,20,37H2,2-3H3,(H,39,40,41). The first kappa shape index (κ1) is 28.4. The lowest BCUT2D eigenvalue weighted by Crippen LogP contribution is -2.07. The summed E-state index contributed by atoms with van der Waals surface area (Å²) in [6.07, 6.45) is 4.84. The van der Waals surface area contributed by atoms with Crippen LogP contribution in [0.3, 0.4) is 0 Å². The topological polar surface area (TPSA) is 100 Å². The molecule has 6 aromatic rings. The number of pyridine rings is 1. The van der Waals surface area contributed by atoms with Crippen molar-refractivity contribution in [2.45, 2.75) is 20.1 Å². The van der Waals surface area contributed by atoms with Gasteiger partial charge < -0.3 is 25.1 Å². The van der Waals surface area contributed by atoms with E-state index in [1.807, 2.05) is 78.2 Å². The fraction of sp³-hybridized carbons (Fsp3) is 0.114. The summed E-state index contributed by atoms with van der Waals surface area (Å²) in [5.41, 5.74) is 13.4. The number of halogens is 1. The van der Waals surface area contributed by atoms with E-state index >= 15 is 4.39 Å². The molecule has 0 saturated heterocycles. The number of ether oxygens (including phenoxy) is 2. The van der Waals surface area contributed by atoms with E-state index in [0.29, 0.717) is 46.2 Å².